The lowest BCUT2D eigenvalue weighted by molar-refractivity contribution is 0.0734. The number of ketones is 1. The molecule has 0 aliphatic rings. The first-order valence-corrected chi connectivity index (χ1v) is 9.40. The lowest BCUT2D eigenvalue weighted by Gasteiger charge is -2.07. The highest BCUT2D eigenvalue weighted by Crippen LogP contribution is 2.20. The number of benzene rings is 3. The maximum Gasteiger partial charge on any atom is 0.343 e. The van der Waals surface area contributed by atoms with E-state index in [2.05, 4.69) is 0 Å². The van der Waals surface area contributed by atoms with E-state index >= 15 is 0 Å². The van der Waals surface area contributed by atoms with E-state index in [1.54, 1.807) is 42.5 Å². The van der Waals surface area contributed by atoms with Crippen LogP contribution in [-0.4, -0.2) is 18.4 Å². The zero-order chi connectivity index (χ0) is 20.6. The highest BCUT2D eigenvalue weighted by atomic mass is 16.5. The number of esters is 1. The second-order valence-corrected chi connectivity index (χ2v) is 6.40. The molecule has 3 aromatic rings. The SMILES string of the molecule is CCOc1ccccc1C=CC(=O)c1ccc(OC(=O)c2ccccc2C)cc1. The van der Waals surface area contributed by atoms with Crippen LogP contribution < -0.4 is 9.47 Å². The van der Waals surface area contributed by atoms with Gasteiger partial charge in [-0.25, -0.2) is 4.79 Å². The maximum atomic E-state index is 12.5. The number of rotatable bonds is 7. The van der Waals surface area contributed by atoms with Gasteiger partial charge in [0.1, 0.15) is 11.5 Å². The summed E-state index contributed by atoms with van der Waals surface area (Å²) in [5.74, 6) is 0.556. The molecule has 0 unspecified atom stereocenters. The van der Waals surface area contributed by atoms with Gasteiger partial charge in [0.05, 0.1) is 12.2 Å². The van der Waals surface area contributed by atoms with Gasteiger partial charge in [0, 0.05) is 11.1 Å². The van der Waals surface area contributed by atoms with Crippen LogP contribution in [0.1, 0.15) is 38.8 Å². The topological polar surface area (TPSA) is 52.6 Å². The summed E-state index contributed by atoms with van der Waals surface area (Å²) < 4.78 is 11.0. The summed E-state index contributed by atoms with van der Waals surface area (Å²) in [6, 6.07) is 21.3. The summed E-state index contributed by atoms with van der Waals surface area (Å²) >= 11 is 0. The molecule has 4 nitrogen and oxygen atoms in total. The molecule has 0 N–H and O–H groups in total. The summed E-state index contributed by atoms with van der Waals surface area (Å²) in [5.41, 5.74) is 2.71. The van der Waals surface area contributed by atoms with Gasteiger partial charge in [-0.2, -0.15) is 0 Å². The molecule has 0 atom stereocenters. The molecular weight excluding hydrogens is 364 g/mol. The summed E-state index contributed by atoms with van der Waals surface area (Å²) in [7, 11) is 0. The standard InChI is InChI=1S/C25H22O4/c1-3-28-24-11-7-5-9-20(24)14-17-23(26)19-12-15-21(16-13-19)29-25(27)22-10-6-4-8-18(22)2/h4-17H,3H2,1-2H3. The molecule has 3 aromatic carbocycles. The maximum absolute atomic E-state index is 12.5. The average Bonchev–Trinajstić information content (AvgIpc) is 2.74. The molecule has 0 spiro atoms. The lowest BCUT2D eigenvalue weighted by atomic mass is 10.1. The molecule has 0 bridgehead atoms. The van der Waals surface area contributed by atoms with Crippen molar-refractivity contribution in [2.75, 3.05) is 6.61 Å². The smallest absolute Gasteiger partial charge is 0.343 e. The molecule has 0 heterocycles. The van der Waals surface area contributed by atoms with Crippen molar-refractivity contribution in [3.8, 4) is 11.5 Å². The third kappa shape index (κ3) is 5.20. The van der Waals surface area contributed by atoms with E-state index in [0.29, 0.717) is 23.5 Å². The van der Waals surface area contributed by atoms with Crippen molar-refractivity contribution >= 4 is 17.8 Å². The van der Waals surface area contributed by atoms with Gasteiger partial charge in [-0.15, -0.1) is 0 Å². The van der Waals surface area contributed by atoms with Crippen LogP contribution >= 0.6 is 0 Å². The van der Waals surface area contributed by atoms with Gasteiger partial charge < -0.3 is 9.47 Å². The lowest BCUT2D eigenvalue weighted by Crippen LogP contribution is -2.10. The van der Waals surface area contributed by atoms with Gasteiger partial charge in [-0.3, -0.25) is 4.79 Å². The zero-order valence-electron chi connectivity index (χ0n) is 16.4. The van der Waals surface area contributed by atoms with E-state index in [-0.39, 0.29) is 5.78 Å². The first-order valence-electron chi connectivity index (χ1n) is 9.40. The van der Waals surface area contributed by atoms with Crippen LogP contribution in [-0.2, 0) is 0 Å². The van der Waals surface area contributed by atoms with Crippen molar-refractivity contribution in [2.24, 2.45) is 0 Å². The average molecular weight is 386 g/mol. The molecule has 0 aliphatic carbocycles. The number of allylic oxidation sites excluding steroid dienone is 1. The Balaban J connectivity index is 1.68. The predicted octanol–water partition coefficient (Wildman–Crippen LogP) is 5.51. The minimum absolute atomic E-state index is 0.145. The van der Waals surface area contributed by atoms with Crippen molar-refractivity contribution in [1.29, 1.82) is 0 Å². The third-order valence-corrected chi connectivity index (χ3v) is 4.35. The monoisotopic (exact) mass is 386 g/mol. The fraction of sp³-hybridized carbons (Fsp3) is 0.120. The molecule has 0 fully saturated rings. The molecule has 3 rings (SSSR count). The van der Waals surface area contributed by atoms with Gasteiger partial charge in [-0.05, 0) is 68.0 Å². The summed E-state index contributed by atoms with van der Waals surface area (Å²) in [4.78, 5) is 24.7. The number of carbonyl (C=O) groups excluding carboxylic acids is 2. The van der Waals surface area contributed by atoms with Crippen molar-refractivity contribution in [3.05, 3.63) is 101 Å². The van der Waals surface area contributed by atoms with E-state index < -0.39 is 5.97 Å². The Morgan fingerprint density at radius 1 is 0.897 bits per heavy atom. The molecular formula is C25H22O4. The highest BCUT2D eigenvalue weighted by Gasteiger charge is 2.11. The van der Waals surface area contributed by atoms with E-state index in [4.69, 9.17) is 9.47 Å². The number of aryl methyl sites for hydroxylation is 1. The molecule has 146 valence electrons. The van der Waals surface area contributed by atoms with Gasteiger partial charge in [0.25, 0.3) is 0 Å². The molecule has 29 heavy (non-hydrogen) atoms. The van der Waals surface area contributed by atoms with E-state index in [1.807, 2.05) is 50.2 Å². The second-order valence-electron chi connectivity index (χ2n) is 6.40. The normalized spacial score (nSPS) is 10.7. The van der Waals surface area contributed by atoms with E-state index in [9.17, 15) is 9.59 Å². The van der Waals surface area contributed by atoms with Gasteiger partial charge >= 0.3 is 5.97 Å². The van der Waals surface area contributed by atoms with Gasteiger partial charge in [0.2, 0.25) is 0 Å². The Hall–Kier alpha value is -3.66. The minimum atomic E-state index is -0.422. The predicted molar refractivity (Wildman–Crippen MR) is 114 cm³/mol. The van der Waals surface area contributed by atoms with Crippen molar-refractivity contribution in [3.63, 3.8) is 0 Å². The number of para-hydroxylation sites is 1. The fourth-order valence-electron chi connectivity index (χ4n) is 2.82. The first-order chi connectivity index (χ1) is 14.1. The first kappa shape index (κ1) is 20.1. The Morgan fingerprint density at radius 2 is 1.59 bits per heavy atom. The third-order valence-electron chi connectivity index (χ3n) is 4.35. The number of hydrogen-bond acceptors (Lipinski definition) is 4. The highest BCUT2D eigenvalue weighted by molar-refractivity contribution is 6.07. The Bertz CT molecular complexity index is 1030. The fourth-order valence-corrected chi connectivity index (χ4v) is 2.82. The van der Waals surface area contributed by atoms with Gasteiger partial charge in [0.15, 0.2) is 5.78 Å². The summed E-state index contributed by atoms with van der Waals surface area (Å²) in [6.07, 6.45) is 3.24. The number of ether oxygens (including phenoxy) is 2. The van der Waals surface area contributed by atoms with Gasteiger partial charge in [-0.1, -0.05) is 36.4 Å². The Morgan fingerprint density at radius 3 is 2.31 bits per heavy atom. The van der Waals surface area contributed by atoms with Crippen molar-refractivity contribution in [2.45, 2.75) is 13.8 Å². The molecule has 0 saturated heterocycles. The quantitative estimate of drug-likeness (QED) is 0.233. The van der Waals surface area contributed by atoms with Crippen molar-refractivity contribution < 1.29 is 19.1 Å². The molecule has 0 saturated carbocycles. The molecule has 0 radical (unpaired) electrons. The van der Waals surface area contributed by atoms with Crippen LogP contribution in [0.15, 0.2) is 78.9 Å². The Kier molecular flexibility index (Phi) is 6.59. The van der Waals surface area contributed by atoms with Crippen LogP contribution in [0.5, 0.6) is 11.5 Å². The molecule has 0 aromatic heterocycles. The van der Waals surface area contributed by atoms with Crippen LogP contribution in [0.2, 0.25) is 0 Å². The minimum Gasteiger partial charge on any atom is -0.493 e. The van der Waals surface area contributed by atoms with E-state index in [1.165, 1.54) is 6.08 Å². The molecule has 4 heteroatoms. The molecule has 0 aliphatic heterocycles. The second kappa shape index (κ2) is 9.51. The molecule has 0 amide bonds. The van der Waals surface area contributed by atoms with Crippen molar-refractivity contribution in [1.82, 2.24) is 0 Å². The summed E-state index contributed by atoms with van der Waals surface area (Å²) in [6.45, 7) is 4.33. The summed E-state index contributed by atoms with van der Waals surface area (Å²) in [5, 5.41) is 0. The number of carbonyl (C=O) groups is 2. The van der Waals surface area contributed by atoms with Crippen LogP contribution in [0.3, 0.4) is 0 Å². The van der Waals surface area contributed by atoms with Crippen LogP contribution in [0, 0.1) is 6.92 Å². The Labute approximate surface area is 170 Å². The van der Waals surface area contributed by atoms with Crippen LogP contribution in [0.4, 0.5) is 0 Å². The zero-order valence-corrected chi connectivity index (χ0v) is 16.4. The number of hydrogen-bond donors (Lipinski definition) is 0. The van der Waals surface area contributed by atoms with Crippen LogP contribution in [0.25, 0.3) is 6.08 Å². The van der Waals surface area contributed by atoms with E-state index in [0.717, 1.165) is 16.9 Å². The largest absolute Gasteiger partial charge is 0.493 e.